The Balaban J connectivity index is 3.61. The molecule has 0 bridgehead atoms. The summed E-state index contributed by atoms with van der Waals surface area (Å²) in [5.41, 5.74) is 7.76. The molecule has 0 atom stereocenters. The molecular weight excluding hydrogens is 104 g/mol. The van der Waals surface area contributed by atoms with Crippen LogP contribution in [0.4, 0.5) is 0 Å². The first-order valence-electron chi connectivity index (χ1n) is 2.23. The van der Waals surface area contributed by atoms with Crippen LogP contribution in [-0.2, 0) is 0 Å². The molecule has 0 aliphatic carbocycles. The zero-order valence-electron chi connectivity index (χ0n) is 5.05. The molecule has 0 aliphatic heterocycles. The average molecular weight is 114 g/mol. The molecule has 0 unspecified atom stereocenters. The maximum Gasteiger partial charge on any atom is 0.161 e. The number of rotatable bonds is 2. The van der Waals surface area contributed by atoms with E-state index >= 15 is 0 Å². The van der Waals surface area contributed by atoms with E-state index in [2.05, 4.69) is 15.5 Å². The summed E-state index contributed by atoms with van der Waals surface area (Å²) in [6.45, 7) is 0. The predicted octanol–water partition coefficient (Wildman–Crippen LogP) is -0.821. The highest BCUT2D eigenvalue weighted by Crippen LogP contribution is 1.56. The molecule has 0 amide bonds. The Morgan fingerprint density at radius 1 is 1.75 bits per heavy atom. The highest BCUT2D eigenvalue weighted by atomic mass is 15.3. The zero-order chi connectivity index (χ0) is 6.41. The van der Waals surface area contributed by atoms with Gasteiger partial charge in [0.2, 0.25) is 0 Å². The minimum atomic E-state index is 0.384. The van der Waals surface area contributed by atoms with Gasteiger partial charge in [0.05, 0.1) is 6.21 Å². The van der Waals surface area contributed by atoms with Crippen molar-refractivity contribution >= 4 is 12.1 Å². The molecule has 4 nitrogen and oxygen atoms in total. The van der Waals surface area contributed by atoms with Crippen molar-refractivity contribution in [2.45, 2.75) is 0 Å². The van der Waals surface area contributed by atoms with Crippen LogP contribution in [0.3, 0.4) is 0 Å². The summed E-state index contributed by atoms with van der Waals surface area (Å²) >= 11 is 0. The number of aliphatic imine (C=N–C) groups is 1. The van der Waals surface area contributed by atoms with Crippen molar-refractivity contribution in [3.8, 4) is 0 Å². The van der Waals surface area contributed by atoms with Crippen LogP contribution < -0.4 is 11.2 Å². The smallest absolute Gasteiger partial charge is 0.161 e. The Labute approximate surface area is 48.5 Å². The fraction of sp³-hybridized carbons (Fsp3) is 0.500. The largest absolute Gasteiger partial charge is 0.381 e. The van der Waals surface area contributed by atoms with Gasteiger partial charge in [0.1, 0.15) is 0 Å². The van der Waals surface area contributed by atoms with Crippen LogP contribution in [-0.4, -0.2) is 26.1 Å². The molecule has 0 aromatic carbocycles. The third-order valence-electron chi connectivity index (χ3n) is 0.502. The first-order chi connectivity index (χ1) is 3.81. The van der Waals surface area contributed by atoms with Gasteiger partial charge in [-0.2, -0.15) is 5.10 Å². The van der Waals surface area contributed by atoms with Gasteiger partial charge >= 0.3 is 0 Å². The van der Waals surface area contributed by atoms with Crippen LogP contribution in [0.2, 0.25) is 0 Å². The highest BCUT2D eigenvalue weighted by Gasteiger charge is 1.77. The number of nitrogens with two attached hydrogens (primary N) is 1. The quantitative estimate of drug-likeness (QED) is 0.280. The topological polar surface area (TPSA) is 62.8 Å². The number of nitrogens with one attached hydrogen (secondary N) is 1. The van der Waals surface area contributed by atoms with Gasteiger partial charge in [-0.3, -0.25) is 4.99 Å². The summed E-state index contributed by atoms with van der Waals surface area (Å²) in [4.78, 5) is 3.63. The third kappa shape index (κ3) is 3.14. The van der Waals surface area contributed by atoms with E-state index in [1.165, 1.54) is 6.21 Å². The van der Waals surface area contributed by atoms with Crippen LogP contribution in [0.15, 0.2) is 10.1 Å². The molecule has 0 fully saturated rings. The number of amidine groups is 1. The summed E-state index contributed by atoms with van der Waals surface area (Å²) in [6, 6.07) is 0. The molecule has 4 heteroatoms. The SMILES string of the molecule is CN=CC(N)=NNC. The Morgan fingerprint density at radius 2 is 2.38 bits per heavy atom. The Bertz CT molecular complexity index is 105. The van der Waals surface area contributed by atoms with Gasteiger partial charge in [0.15, 0.2) is 5.84 Å². The number of hydrazone groups is 1. The lowest BCUT2D eigenvalue weighted by Gasteiger charge is -1.87. The van der Waals surface area contributed by atoms with Crippen LogP contribution in [0.25, 0.3) is 0 Å². The Hall–Kier alpha value is -1.06. The van der Waals surface area contributed by atoms with Gasteiger partial charge in [-0.1, -0.05) is 0 Å². The van der Waals surface area contributed by atoms with E-state index in [4.69, 9.17) is 5.73 Å². The predicted molar refractivity (Wildman–Crippen MR) is 35.1 cm³/mol. The molecule has 0 heterocycles. The maximum absolute atomic E-state index is 5.23. The van der Waals surface area contributed by atoms with Gasteiger partial charge in [0, 0.05) is 14.1 Å². The molecule has 0 radical (unpaired) electrons. The van der Waals surface area contributed by atoms with Crippen molar-refractivity contribution in [3.63, 3.8) is 0 Å². The molecular formula is C4H10N4. The highest BCUT2D eigenvalue weighted by molar-refractivity contribution is 6.28. The third-order valence-corrected chi connectivity index (χ3v) is 0.502. The molecule has 46 valence electrons. The second-order valence-electron chi connectivity index (χ2n) is 1.15. The summed E-state index contributed by atoms with van der Waals surface area (Å²) in [6.07, 6.45) is 1.47. The van der Waals surface area contributed by atoms with Gasteiger partial charge in [-0.05, 0) is 0 Å². The standard InChI is InChI=1S/C4H10N4/c1-6-3-4(5)8-7-2/h3,7H,1-2H3,(H2,5,8). The van der Waals surface area contributed by atoms with E-state index in [0.29, 0.717) is 5.84 Å². The monoisotopic (exact) mass is 114 g/mol. The minimum absolute atomic E-state index is 0.384. The van der Waals surface area contributed by atoms with Crippen molar-refractivity contribution in [2.24, 2.45) is 15.8 Å². The van der Waals surface area contributed by atoms with Crippen LogP contribution >= 0.6 is 0 Å². The minimum Gasteiger partial charge on any atom is -0.381 e. The van der Waals surface area contributed by atoms with Gasteiger partial charge in [-0.15, -0.1) is 0 Å². The fourth-order valence-corrected chi connectivity index (χ4v) is 0.290. The first-order valence-corrected chi connectivity index (χ1v) is 2.23. The lowest BCUT2D eigenvalue weighted by atomic mass is 10.7. The van der Waals surface area contributed by atoms with Gasteiger partial charge in [-0.25, -0.2) is 0 Å². The average Bonchev–Trinajstić information content (AvgIpc) is 1.68. The van der Waals surface area contributed by atoms with Crippen molar-refractivity contribution in [1.29, 1.82) is 0 Å². The maximum atomic E-state index is 5.23. The fourth-order valence-electron chi connectivity index (χ4n) is 0.290. The van der Waals surface area contributed by atoms with Crippen LogP contribution in [0.5, 0.6) is 0 Å². The van der Waals surface area contributed by atoms with Crippen molar-refractivity contribution in [1.82, 2.24) is 5.43 Å². The first kappa shape index (κ1) is 6.94. The molecule has 3 N–H and O–H groups in total. The number of nitrogens with zero attached hydrogens (tertiary/aromatic N) is 2. The second-order valence-corrected chi connectivity index (χ2v) is 1.15. The molecule has 0 spiro atoms. The second kappa shape index (κ2) is 4.11. The van der Waals surface area contributed by atoms with Crippen molar-refractivity contribution < 1.29 is 0 Å². The van der Waals surface area contributed by atoms with Crippen LogP contribution in [0, 0.1) is 0 Å². The van der Waals surface area contributed by atoms with E-state index < -0.39 is 0 Å². The molecule has 0 rings (SSSR count). The zero-order valence-corrected chi connectivity index (χ0v) is 5.05. The summed E-state index contributed by atoms with van der Waals surface area (Å²) < 4.78 is 0. The molecule has 0 aromatic heterocycles. The summed E-state index contributed by atoms with van der Waals surface area (Å²) in [5.74, 6) is 0.384. The molecule has 0 saturated heterocycles. The molecule has 0 saturated carbocycles. The lowest BCUT2D eigenvalue weighted by molar-refractivity contribution is 0.901. The molecule has 8 heavy (non-hydrogen) atoms. The van der Waals surface area contributed by atoms with Crippen molar-refractivity contribution in [3.05, 3.63) is 0 Å². The lowest BCUT2D eigenvalue weighted by Crippen LogP contribution is -2.16. The summed E-state index contributed by atoms with van der Waals surface area (Å²) in [5, 5.41) is 3.61. The van der Waals surface area contributed by atoms with Gasteiger partial charge in [0.25, 0.3) is 0 Å². The van der Waals surface area contributed by atoms with E-state index in [1.807, 2.05) is 0 Å². The van der Waals surface area contributed by atoms with E-state index in [-0.39, 0.29) is 0 Å². The van der Waals surface area contributed by atoms with Crippen molar-refractivity contribution in [2.75, 3.05) is 14.1 Å². The van der Waals surface area contributed by atoms with E-state index in [0.717, 1.165) is 0 Å². The van der Waals surface area contributed by atoms with Gasteiger partial charge < -0.3 is 11.2 Å². The normalized spacial score (nSPS) is 12.5. The molecule has 0 aliphatic rings. The van der Waals surface area contributed by atoms with E-state index in [1.54, 1.807) is 14.1 Å². The van der Waals surface area contributed by atoms with E-state index in [9.17, 15) is 0 Å². The van der Waals surface area contributed by atoms with Crippen LogP contribution in [0.1, 0.15) is 0 Å². The molecule has 0 aromatic rings. The summed E-state index contributed by atoms with van der Waals surface area (Å²) in [7, 11) is 3.31. The number of hydrogen-bond donors (Lipinski definition) is 2. The Morgan fingerprint density at radius 3 is 2.75 bits per heavy atom. The number of hydrogen-bond acceptors (Lipinski definition) is 3. The Kier molecular flexibility index (Phi) is 3.56.